The molecule has 7 nitrogen and oxygen atoms in total. The second kappa shape index (κ2) is 7.65. The number of ether oxygens (including phenoxy) is 1. The van der Waals surface area contributed by atoms with Gasteiger partial charge in [0.05, 0.1) is 19.7 Å². The number of nitrogens with one attached hydrogen (secondary N) is 1. The Labute approximate surface area is 145 Å². The van der Waals surface area contributed by atoms with Gasteiger partial charge in [0.15, 0.2) is 5.76 Å². The number of nitrogens with zero attached hydrogens (tertiary/aromatic N) is 3. The highest BCUT2D eigenvalue weighted by Crippen LogP contribution is 2.24. The summed E-state index contributed by atoms with van der Waals surface area (Å²) in [5.41, 5.74) is 1.54. The summed E-state index contributed by atoms with van der Waals surface area (Å²) in [6, 6.07) is 11.2. The summed E-state index contributed by atoms with van der Waals surface area (Å²) in [6.07, 6.45) is 3.89. The van der Waals surface area contributed by atoms with E-state index in [0.29, 0.717) is 24.4 Å². The highest BCUT2D eigenvalue weighted by atomic mass is 16.5. The van der Waals surface area contributed by atoms with E-state index in [1.54, 1.807) is 18.0 Å². The molecule has 2 heterocycles. The molecule has 0 bridgehead atoms. The molecule has 0 aliphatic rings. The molecule has 25 heavy (non-hydrogen) atoms. The Morgan fingerprint density at radius 3 is 3.00 bits per heavy atom. The Bertz CT molecular complexity index is 826. The van der Waals surface area contributed by atoms with Crippen LogP contribution in [0, 0.1) is 0 Å². The van der Waals surface area contributed by atoms with Crippen molar-refractivity contribution in [3.05, 3.63) is 54.5 Å². The first kappa shape index (κ1) is 16.8. The predicted molar refractivity (Wildman–Crippen MR) is 91.9 cm³/mol. The number of hydrogen-bond acceptors (Lipinski definition) is 5. The lowest BCUT2D eigenvalue weighted by Crippen LogP contribution is -2.25. The first-order chi connectivity index (χ1) is 12.2. The zero-order valence-electron chi connectivity index (χ0n) is 14.2. The van der Waals surface area contributed by atoms with Crippen LogP contribution in [0.15, 0.2) is 53.3 Å². The summed E-state index contributed by atoms with van der Waals surface area (Å²) >= 11 is 0. The fourth-order valence-electron chi connectivity index (χ4n) is 2.47. The zero-order chi connectivity index (χ0) is 17.6. The van der Waals surface area contributed by atoms with Crippen molar-refractivity contribution >= 4 is 5.91 Å². The molecule has 2 aromatic heterocycles. The van der Waals surface area contributed by atoms with Crippen LogP contribution in [0.3, 0.4) is 0 Å². The summed E-state index contributed by atoms with van der Waals surface area (Å²) in [4.78, 5) is 12.1. The number of carbonyl (C=O) groups excluding carboxylic acids is 1. The van der Waals surface area contributed by atoms with E-state index in [-0.39, 0.29) is 11.9 Å². The highest BCUT2D eigenvalue weighted by molar-refractivity contribution is 5.76. The Morgan fingerprint density at radius 2 is 2.24 bits per heavy atom. The highest BCUT2D eigenvalue weighted by Gasteiger charge is 2.12. The lowest BCUT2D eigenvalue weighted by molar-refractivity contribution is -0.122. The van der Waals surface area contributed by atoms with Crippen molar-refractivity contribution in [1.29, 1.82) is 0 Å². The molecule has 0 fully saturated rings. The molecule has 1 atom stereocenters. The first-order valence-electron chi connectivity index (χ1n) is 8.01. The Morgan fingerprint density at radius 1 is 1.36 bits per heavy atom. The van der Waals surface area contributed by atoms with Crippen LogP contribution in [-0.4, -0.2) is 28.0 Å². The summed E-state index contributed by atoms with van der Waals surface area (Å²) in [5.74, 6) is 1.32. The van der Waals surface area contributed by atoms with Crippen molar-refractivity contribution in [3.8, 4) is 17.1 Å². The van der Waals surface area contributed by atoms with Crippen LogP contribution in [-0.2, 0) is 11.3 Å². The van der Waals surface area contributed by atoms with E-state index in [4.69, 9.17) is 9.26 Å². The van der Waals surface area contributed by atoms with Crippen molar-refractivity contribution in [2.75, 3.05) is 7.11 Å². The van der Waals surface area contributed by atoms with Gasteiger partial charge >= 0.3 is 0 Å². The molecule has 0 aliphatic heterocycles. The molecule has 7 heteroatoms. The Kier molecular flexibility index (Phi) is 5.13. The van der Waals surface area contributed by atoms with Crippen LogP contribution in [0.1, 0.15) is 25.1 Å². The second-order valence-electron chi connectivity index (χ2n) is 5.73. The molecule has 1 N–H and O–H groups in total. The maximum Gasteiger partial charge on any atom is 0.222 e. The van der Waals surface area contributed by atoms with Gasteiger partial charge in [-0.1, -0.05) is 17.3 Å². The first-order valence-corrected chi connectivity index (χ1v) is 8.01. The van der Waals surface area contributed by atoms with Crippen molar-refractivity contribution in [1.82, 2.24) is 20.3 Å². The summed E-state index contributed by atoms with van der Waals surface area (Å²) in [6.45, 7) is 2.27. The molecular formula is C18H20N4O3. The molecule has 0 saturated carbocycles. The second-order valence-corrected chi connectivity index (χ2v) is 5.73. The van der Waals surface area contributed by atoms with E-state index in [2.05, 4.69) is 15.6 Å². The molecular weight excluding hydrogens is 320 g/mol. The minimum absolute atomic E-state index is 0.000321. The molecule has 1 aromatic carbocycles. The predicted octanol–water partition coefficient (Wildman–Crippen LogP) is 2.81. The molecule has 0 aliphatic carbocycles. The third-order valence-electron chi connectivity index (χ3n) is 3.84. The number of rotatable bonds is 7. The molecule has 0 saturated heterocycles. The standard InChI is InChI=1S/C18H20N4O3/c1-13(22-8-4-7-20-22)9-18(23)19-12-15-11-17(25-21-15)14-5-3-6-16(10-14)24-2/h3-8,10-11,13H,9,12H2,1-2H3,(H,19,23)/t13-/m0/s1. The number of carbonyl (C=O) groups is 1. The number of hydrogen-bond donors (Lipinski definition) is 1. The van der Waals surface area contributed by atoms with Gasteiger partial charge in [0, 0.05) is 30.4 Å². The lowest BCUT2D eigenvalue weighted by atomic mass is 10.1. The van der Waals surface area contributed by atoms with E-state index >= 15 is 0 Å². The molecule has 0 unspecified atom stereocenters. The summed E-state index contributed by atoms with van der Waals surface area (Å²) in [5, 5.41) is 11.0. The van der Waals surface area contributed by atoms with Crippen molar-refractivity contribution in [3.63, 3.8) is 0 Å². The van der Waals surface area contributed by atoms with Gasteiger partial charge in [0.1, 0.15) is 11.4 Å². The van der Waals surface area contributed by atoms with Crippen molar-refractivity contribution < 1.29 is 14.1 Å². The summed E-state index contributed by atoms with van der Waals surface area (Å²) < 4.78 is 12.3. The van der Waals surface area contributed by atoms with Gasteiger partial charge in [-0.25, -0.2) is 0 Å². The molecule has 1 amide bonds. The summed E-state index contributed by atoms with van der Waals surface area (Å²) in [7, 11) is 1.62. The van der Waals surface area contributed by atoms with Crippen LogP contribution in [0.2, 0.25) is 0 Å². The van der Waals surface area contributed by atoms with Crippen molar-refractivity contribution in [2.45, 2.75) is 25.9 Å². The van der Waals surface area contributed by atoms with Gasteiger partial charge < -0.3 is 14.6 Å². The Hall–Kier alpha value is -3.09. The number of aromatic nitrogens is 3. The topological polar surface area (TPSA) is 82.2 Å². The van der Waals surface area contributed by atoms with Gasteiger partial charge in [-0.2, -0.15) is 5.10 Å². The van der Waals surface area contributed by atoms with Crippen LogP contribution in [0.25, 0.3) is 11.3 Å². The van der Waals surface area contributed by atoms with E-state index in [1.807, 2.05) is 49.5 Å². The third kappa shape index (κ3) is 4.26. The van der Waals surface area contributed by atoms with Crippen molar-refractivity contribution in [2.24, 2.45) is 0 Å². The van der Waals surface area contributed by atoms with E-state index in [0.717, 1.165) is 11.3 Å². The SMILES string of the molecule is COc1cccc(-c2cc(CNC(=O)C[C@H](C)n3cccn3)no2)c1. The van der Waals surface area contributed by atoms with E-state index < -0.39 is 0 Å². The minimum atomic E-state index is -0.0612. The van der Waals surface area contributed by atoms with Gasteiger partial charge in [-0.3, -0.25) is 9.48 Å². The largest absolute Gasteiger partial charge is 0.497 e. The van der Waals surface area contributed by atoms with E-state index in [1.165, 1.54) is 0 Å². The monoisotopic (exact) mass is 340 g/mol. The van der Waals surface area contributed by atoms with Gasteiger partial charge in [-0.05, 0) is 25.1 Å². The molecule has 3 aromatic rings. The molecule has 0 spiro atoms. The van der Waals surface area contributed by atoms with E-state index in [9.17, 15) is 4.79 Å². The minimum Gasteiger partial charge on any atom is -0.497 e. The molecule has 0 radical (unpaired) electrons. The van der Waals surface area contributed by atoms with Crippen LogP contribution >= 0.6 is 0 Å². The van der Waals surface area contributed by atoms with Gasteiger partial charge in [-0.15, -0.1) is 0 Å². The normalized spacial score (nSPS) is 11.9. The number of amides is 1. The lowest BCUT2D eigenvalue weighted by Gasteiger charge is -2.11. The maximum atomic E-state index is 12.1. The molecule has 130 valence electrons. The zero-order valence-corrected chi connectivity index (χ0v) is 14.2. The number of methoxy groups -OCH3 is 1. The maximum absolute atomic E-state index is 12.1. The molecule has 3 rings (SSSR count). The fourth-order valence-corrected chi connectivity index (χ4v) is 2.47. The van der Waals surface area contributed by atoms with Gasteiger partial charge in [0.2, 0.25) is 5.91 Å². The quantitative estimate of drug-likeness (QED) is 0.715. The average Bonchev–Trinajstić information content (AvgIpc) is 3.32. The third-order valence-corrected chi connectivity index (χ3v) is 3.84. The average molecular weight is 340 g/mol. The fraction of sp³-hybridized carbons (Fsp3) is 0.278. The van der Waals surface area contributed by atoms with Crippen LogP contribution < -0.4 is 10.1 Å². The van der Waals surface area contributed by atoms with Gasteiger partial charge in [0.25, 0.3) is 0 Å². The van der Waals surface area contributed by atoms with Crippen LogP contribution in [0.5, 0.6) is 5.75 Å². The smallest absolute Gasteiger partial charge is 0.222 e. The Balaban J connectivity index is 1.55. The number of benzene rings is 1. The van der Waals surface area contributed by atoms with Crippen LogP contribution in [0.4, 0.5) is 0 Å².